The second kappa shape index (κ2) is 4.27. The molecule has 0 aliphatic rings. The highest BCUT2D eigenvalue weighted by molar-refractivity contribution is 5.61. The molecule has 0 saturated carbocycles. The van der Waals surface area contributed by atoms with Crippen molar-refractivity contribution >= 4 is 11.4 Å². The van der Waals surface area contributed by atoms with E-state index in [1.165, 1.54) is 0 Å². The maximum Gasteiger partial charge on any atom is 0.193 e. The maximum absolute atomic E-state index is 8.80. The smallest absolute Gasteiger partial charge is 0.193 e. The number of tetrazole rings is 1. The summed E-state index contributed by atoms with van der Waals surface area (Å²) in [5, 5.41) is 25.2. The minimum Gasteiger partial charge on any atom is -0.398 e. The molecule has 0 radical (unpaired) electrons. The Morgan fingerprint density at radius 1 is 1.50 bits per heavy atom. The van der Waals surface area contributed by atoms with Crippen molar-refractivity contribution in [2.75, 3.05) is 11.1 Å². The van der Waals surface area contributed by atoms with Crippen molar-refractivity contribution in [3.8, 4) is 6.07 Å². The fourth-order valence-corrected chi connectivity index (χ4v) is 1.20. The molecule has 0 fully saturated rings. The Labute approximate surface area is 91.3 Å². The zero-order chi connectivity index (χ0) is 11.4. The van der Waals surface area contributed by atoms with Gasteiger partial charge in [0.05, 0.1) is 12.1 Å². The number of aromatic nitrogens is 4. The van der Waals surface area contributed by atoms with Crippen LogP contribution in [0.4, 0.5) is 11.4 Å². The van der Waals surface area contributed by atoms with E-state index in [1.54, 1.807) is 18.2 Å². The highest BCUT2D eigenvalue weighted by atomic mass is 15.5. The molecule has 0 aliphatic carbocycles. The first-order valence-electron chi connectivity index (χ1n) is 4.55. The monoisotopic (exact) mass is 215 g/mol. The number of nitrogens with zero attached hydrogens (tertiary/aromatic N) is 4. The molecule has 0 unspecified atom stereocenters. The molecule has 2 aromatic rings. The van der Waals surface area contributed by atoms with Crippen LogP contribution in [-0.2, 0) is 6.54 Å². The zero-order valence-electron chi connectivity index (χ0n) is 8.31. The van der Waals surface area contributed by atoms with Gasteiger partial charge in [-0.3, -0.25) is 0 Å². The number of nitrogen functional groups attached to an aromatic ring is 1. The average Bonchev–Trinajstić information content (AvgIpc) is 2.81. The zero-order valence-corrected chi connectivity index (χ0v) is 8.31. The molecular formula is C9H9N7. The maximum atomic E-state index is 8.80. The van der Waals surface area contributed by atoms with Crippen LogP contribution in [0, 0.1) is 11.3 Å². The van der Waals surface area contributed by atoms with E-state index in [9.17, 15) is 0 Å². The molecule has 0 bridgehead atoms. The van der Waals surface area contributed by atoms with E-state index in [1.807, 2.05) is 6.07 Å². The van der Waals surface area contributed by atoms with Crippen LogP contribution in [-0.4, -0.2) is 20.6 Å². The summed E-state index contributed by atoms with van der Waals surface area (Å²) in [5.41, 5.74) is 7.30. The third kappa shape index (κ3) is 2.06. The van der Waals surface area contributed by atoms with Crippen molar-refractivity contribution in [2.45, 2.75) is 6.54 Å². The van der Waals surface area contributed by atoms with E-state index in [4.69, 9.17) is 11.0 Å². The van der Waals surface area contributed by atoms with Gasteiger partial charge >= 0.3 is 0 Å². The standard InChI is InChI=1S/C9H9N7/c10-4-6-3-7(1-2-8(6)11)12-5-9-13-15-16-14-9/h1-3,12H,5,11H2,(H,13,14,15,16). The largest absolute Gasteiger partial charge is 0.398 e. The summed E-state index contributed by atoms with van der Waals surface area (Å²) in [7, 11) is 0. The molecule has 0 aliphatic heterocycles. The lowest BCUT2D eigenvalue weighted by Gasteiger charge is -2.04. The molecule has 80 valence electrons. The minimum absolute atomic E-state index is 0.436. The number of anilines is 2. The van der Waals surface area contributed by atoms with Crippen LogP contribution in [0.15, 0.2) is 18.2 Å². The minimum atomic E-state index is 0.436. The number of benzene rings is 1. The van der Waals surface area contributed by atoms with E-state index in [2.05, 4.69) is 25.9 Å². The van der Waals surface area contributed by atoms with Gasteiger partial charge < -0.3 is 11.1 Å². The Balaban J connectivity index is 2.08. The van der Waals surface area contributed by atoms with Crippen LogP contribution >= 0.6 is 0 Å². The van der Waals surface area contributed by atoms with Crippen molar-refractivity contribution in [3.63, 3.8) is 0 Å². The van der Waals surface area contributed by atoms with Gasteiger partial charge in [-0.1, -0.05) is 5.21 Å². The lowest BCUT2D eigenvalue weighted by atomic mass is 10.2. The Hall–Kier alpha value is -2.62. The van der Waals surface area contributed by atoms with Crippen molar-refractivity contribution in [1.82, 2.24) is 20.6 Å². The predicted octanol–water partition coefficient (Wildman–Crippen LogP) is 0.266. The molecule has 2 rings (SSSR count). The van der Waals surface area contributed by atoms with Crippen LogP contribution in [0.5, 0.6) is 0 Å². The molecular weight excluding hydrogens is 206 g/mol. The van der Waals surface area contributed by atoms with E-state index in [0.717, 1.165) is 5.69 Å². The lowest BCUT2D eigenvalue weighted by Crippen LogP contribution is -2.02. The molecule has 7 heteroatoms. The van der Waals surface area contributed by atoms with E-state index in [-0.39, 0.29) is 0 Å². The van der Waals surface area contributed by atoms with Gasteiger partial charge in [0.25, 0.3) is 0 Å². The molecule has 0 spiro atoms. The number of nitrogens with two attached hydrogens (primary N) is 1. The number of aromatic amines is 1. The van der Waals surface area contributed by atoms with Gasteiger partial charge in [-0.2, -0.15) is 10.5 Å². The summed E-state index contributed by atoms with van der Waals surface area (Å²) >= 11 is 0. The first kappa shape index (κ1) is 9.92. The first-order valence-corrected chi connectivity index (χ1v) is 4.55. The summed E-state index contributed by atoms with van der Waals surface area (Å²) in [6, 6.07) is 7.16. The normalized spacial score (nSPS) is 9.69. The second-order valence-electron chi connectivity index (χ2n) is 3.10. The SMILES string of the molecule is N#Cc1cc(NCc2nn[nH]n2)ccc1N. The lowest BCUT2D eigenvalue weighted by molar-refractivity contribution is 0.881. The second-order valence-corrected chi connectivity index (χ2v) is 3.10. The molecule has 0 atom stereocenters. The van der Waals surface area contributed by atoms with Crippen LogP contribution < -0.4 is 11.1 Å². The Morgan fingerprint density at radius 2 is 2.38 bits per heavy atom. The number of H-pyrrole nitrogens is 1. The molecule has 1 aromatic heterocycles. The molecule has 1 aromatic carbocycles. The predicted molar refractivity (Wildman–Crippen MR) is 57.1 cm³/mol. The number of hydrogen-bond donors (Lipinski definition) is 3. The number of nitriles is 1. The summed E-state index contributed by atoms with van der Waals surface area (Å²) < 4.78 is 0. The van der Waals surface area contributed by atoms with Crippen LogP contribution in [0.2, 0.25) is 0 Å². The molecule has 16 heavy (non-hydrogen) atoms. The Kier molecular flexibility index (Phi) is 2.65. The molecule has 7 nitrogen and oxygen atoms in total. The average molecular weight is 215 g/mol. The summed E-state index contributed by atoms with van der Waals surface area (Å²) in [4.78, 5) is 0. The topological polar surface area (TPSA) is 116 Å². The first-order chi connectivity index (χ1) is 7.79. The highest BCUT2D eigenvalue weighted by Crippen LogP contribution is 2.16. The van der Waals surface area contributed by atoms with Crippen molar-refractivity contribution in [1.29, 1.82) is 5.26 Å². The van der Waals surface area contributed by atoms with Gasteiger partial charge in [0.1, 0.15) is 6.07 Å². The van der Waals surface area contributed by atoms with Gasteiger partial charge in [0, 0.05) is 11.4 Å². The third-order valence-corrected chi connectivity index (χ3v) is 2.01. The van der Waals surface area contributed by atoms with Gasteiger partial charge in [-0.15, -0.1) is 10.2 Å². The van der Waals surface area contributed by atoms with Crippen LogP contribution in [0.3, 0.4) is 0 Å². The van der Waals surface area contributed by atoms with Crippen LogP contribution in [0.25, 0.3) is 0 Å². The van der Waals surface area contributed by atoms with Gasteiger partial charge in [0.15, 0.2) is 5.82 Å². The van der Waals surface area contributed by atoms with E-state index >= 15 is 0 Å². The molecule has 0 amide bonds. The van der Waals surface area contributed by atoms with Crippen molar-refractivity contribution in [2.24, 2.45) is 0 Å². The Bertz CT molecular complexity index is 511. The molecule has 0 saturated heterocycles. The highest BCUT2D eigenvalue weighted by Gasteiger charge is 2.01. The van der Waals surface area contributed by atoms with Gasteiger partial charge in [0.2, 0.25) is 0 Å². The van der Waals surface area contributed by atoms with Crippen molar-refractivity contribution < 1.29 is 0 Å². The van der Waals surface area contributed by atoms with E-state index in [0.29, 0.717) is 23.6 Å². The fraction of sp³-hybridized carbons (Fsp3) is 0.111. The Morgan fingerprint density at radius 3 is 3.06 bits per heavy atom. The number of nitrogens with one attached hydrogen (secondary N) is 2. The van der Waals surface area contributed by atoms with Gasteiger partial charge in [-0.25, -0.2) is 0 Å². The third-order valence-electron chi connectivity index (χ3n) is 2.01. The quantitative estimate of drug-likeness (QED) is 0.632. The summed E-state index contributed by atoms with van der Waals surface area (Å²) in [5.74, 6) is 0.551. The fourth-order valence-electron chi connectivity index (χ4n) is 1.20. The molecule has 4 N–H and O–H groups in total. The number of hydrogen-bond acceptors (Lipinski definition) is 6. The summed E-state index contributed by atoms with van der Waals surface area (Å²) in [6.45, 7) is 0.436. The number of rotatable bonds is 3. The van der Waals surface area contributed by atoms with Gasteiger partial charge in [-0.05, 0) is 18.2 Å². The summed E-state index contributed by atoms with van der Waals surface area (Å²) in [6.07, 6.45) is 0. The molecule has 1 heterocycles. The van der Waals surface area contributed by atoms with E-state index < -0.39 is 0 Å². The van der Waals surface area contributed by atoms with Crippen molar-refractivity contribution in [3.05, 3.63) is 29.6 Å². The van der Waals surface area contributed by atoms with Crippen LogP contribution in [0.1, 0.15) is 11.4 Å².